The molecule has 0 bridgehead atoms. The van der Waals surface area contributed by atoms with Crippen molar-refractivity contribution in [2.75, 3.05) is 19.6 Å². The van der Waals surface area contributed by atoms with E-state index in [1.165, 1.54) is 5.56 Å². The lowest BCUT2D eigenvalue weighted by molar-refractivity contribution is -0.135. The Morgan fingerprint density at radius 1 is 1.45 bits per heavy atom. The number of halogens is 2. The van der Waals surface area contributed by atoms with Gasteiger partial charge in [-0.3, -0.25) is 4.79 Å². The Kier molecular flexibility index (Phi) is 4.95. The highest BCUT2D eigenvalue weighted by Gasteiger charge is 2.46. The van der Waals surface area contributed by atoms with Crippen LogP contribution in [0, 0.1) is 5.92 Å². The third-order valence-electron chi connectivity index (χ3n) is 4.17. The van der Waals surface area contributed by atoms with Crippen LogP contribution >= 0.6 is 24.0 Å². The summed E-state index contributed by atoms with van der Waals surface area (Å²) < 4.78 is 0. The maximum absolute atomic E-state index is 12.5. The summed E-state index contributed by atoms with van der Waals surface area (Å²) in [6.45, 7) is 4.75. The second-order valence-corrected chi connectivity index (χ2v) is 6.02. The number of benzene rings is 1. The number of piperazine rings is 1. The van der Waals surface area contributed by atoms with Crippen molar-refractivity contribution < 1.29 is 4.79 Å². The molecule has 1 saturated heterocycles. The fraction of sp³-hybridized carbons (Fsp3) is 0.533. The Labute approximate surface area is 131 Å². The van der Waals surface area contributed by atoms with E-state index in [-0.39, 0.29) is 18.3 Å². The topological polar surface area (TPSA) is 32.3 Å². The molecular weight excluding hydrogens is 295 g/mol. The summed E-state index contributed by atoms with van der Waals surface area (Å²) in [5.41, 5.74) is 1.20. The number of nitrogens with one attached hydrogen (secondary N) is 1. The molecule has 3 rings (SSSR count). The Balaban J connectivity index is 0.00000147. The molecule has 1 saturated carbocycles. The fourth-order valence-electron chi connectivity index (χ4n) is 2.95. The van der Waals surface area contributed by atoms with Gasteiger partial charge in [0.25, 0.3) is 0 Å². The van der Waals surface area contributed by atoms with Crippen LogP contribution in [0.4, 0.5) is 0 Å². The quantitative estimate of drug-likeness (QED) is 0.910. The largest absolute Gasteiger partial charge is 0.337 e. The third kappa shape index (κ3) is 3.11. The van der Waals surface area contributed by atoms with E-state index in [2.05, 4.69) is 18.3 Å². The van der Waals surface area contributed by atoms with E-state index in [0.29, 0.717) is 17.9 Å². The van der Waals surface area contributed by atoms with Gasteiger partial charge in [-0.1, -0.05) is 23.7 Å². The molecule has 1 amide bonds. The Morgan fingerprint density at radius 3 is 2.95 bits per heavy atom. The molecule has 3 atom stereocenters. The van der Waals surface area contributed by atoms with Crippen molar-refractivity contribution in [3.8, 4) is 0 Å². The normalized spacial score (nSPS) is 28.7. The molecule has 2 aliphatic rings. The molecule has 3 nitrogen and oxygen atoms in total. The van der Waals surface area contributed by atoms with Gasteiger partial charge in [-0.25, -0.2) is 0 Å². The van der Waals surface area contributed by atoms with E-state index < -0.39 is 0 Å². The van der Waals surface area contributed by atoms with Crippen LogP contribution in [-0.2, 0) is 4.79 Å². The minimum Gasteiger partial charge on any atom is -0.337 e. The van der Waals surface area contributed by atoms with E-state index in [0.717, 1.165) is 31.1 Å². The van der Waals surface area contributed by atoms with Crippen LogP contribution < -0.4 is 5.32 Å². The standard InChI is InChI=1S/C15H19ClN2O.ClH/c1-10-9-17-5-6-18(10)15(19)14-8-13(14)11-3-2-4-12(16)7-11;/h2-4,7,10,13-14,17H,5-6,8-9H2,1H3;1H/t10-,13?,14?;/m1./s1. The molecule has 0 radical (unpaired) electrons. The summed E-state index contributed by atoms with van der Waals surface area (Å²) in [5, 5.41) is 4.07. The van der Waals surface area contributed by atoms with Crippen molar-refractivity contribution >= 4 is 29.9 Å². The van der Waals surface area contributed by atoms with Crippen molar-refractivity contribution in [1.29, 1.82) is 0 Å². The fourth-order valence-corrected chi connectivity index (χ4v) is 3.15. The molecule has 1 N–H and O–H groups in total. The average molecular weight is 315 g/mol. The number of amides is 1. The SMILES string of the molecule is C[C@@H]1CNCCN1C(=O)C1CC1c1cccc(Cl)c1.Cl. The third-order valence-corrected chi connectivity index (χ3v) is 4.40. The van der Waals surface area contributed by atoms with Gasteiger partial charge in [-0.05, 0) is 37.0 Å². The molecule has 1 aromatic carbocycles. The molecule has 0 spiro atoms. The lowest BCUT2D eigenvalue weighted by Gasteiger charge is -2.34. The minimum atomic E-state index is 0. The molecule has 2 unspecified atom stereocenters. The maximum atomic E-state index is 12.5. The summed E-state index contributed by atoms with van der Waals surface area (Å²) >= 11 is 6.01. The zero-order valence-electron chi connectivity index (χ0n) is 11.5. The summed E-state index contributed by atoms with van der Waals surface area (Å²) in [6.07, 6.45) is 0.968. The van der Waals surface area contributed by atoms with Gasteiger partial charge in [0.1, 0.15) is 0 Å². The lowest BCUT2D eigenvalue weighted by atomic mass is 10.1. The number of carbonyl (C=O) groups excluding carboxylic acids is 1. The van der Waals surface area contributed by atoms with Crippen molar-refractivity contribution in [3.05, 3.63) is 34.9 Å². The van der Waals surface area contributed by atoms with E-state index in [9.17, 15) is 4.79 Å². The number of hydrogen-bond donors (Lipinski definition) is 1. The van der Waals surface area contributed by atoms with Gasteiger partial charge in [0, 0.05) is 36.6 Å². The van der Waals surface area contributed by atoms with Gasteiger partial charge in [0.15, 0.2) is 0 Å². The molecule has 20 heavy (non-hydrogen) atoms. The Bertz CT molecular complexity index is 495. The van der Waals surface area contributed by atoms with E-state index in [4.69, 9.17) is 11.6 Å². The smallest absolute Gasteiger partial charge is 0.226 e. The van der Waals surface area contributed by atoms with Crippen LogP contribution in [0.25, 0.3) is 0 Å². The van der Waals surface area contributed by atoms with E-state index in [1.54, 1.807) is 0 Å². The minimum absolute atomic E-state index is 0. The van der Waals surface area contributed by atoms with Gasteiger partial charge >= 0.3 is 0 Å². The first kappa shape index (κ1) is 15.6. The second-order valence-electron chi connectivity index (χ2n) is 5.59. The summed E-state index contributed by atoms with van der Waals surface area (Å²) in [5.74, 6) is 0.853. The predicted octanol–water partition coefficient (Wildman–Crippen LogP) is 2.69. The van der Waals surface area contributed by atoms with Crippen LogP contribution in [0.1, 0.15) is 24.8 Å². The highest BCUT2D eigenvalue weighted by Crippen LogP contribution is 2.49. The Hall–Kier alpha value is -0.770. The number of hydrogen-bond acceptors (Lipinski definition) is 2. The molecule has 1 aliphatic carbocycles. The van der Waals surface area contributed by atoms with Gasteiger partial charge < -0.3 is 10.2 Å². The van der Waals surface area contributed by atoms with Crippen LogP contribution in [0.5, 0.6) is 0 Å². The highest BCUT2D eigenvalue weighted by atomic mass is 35.5. The van der Waals surface area contributed by atoms with Crippen LogP contribution in [-0.4, -0.2) is 36.5 Å². The van der Waals surface area contributed by atoms with Gasteiger partial charge in [-0.2, -0.15) is 0 Å². The maximum Gasteiger partial charge on any atom is 0.226 e. The second kappa shape index (κ2) is 6.33. The molecule has 1 heterocycles. The number of nitrogens with zero attached hydrogens (tertiary/aromatic N) is 1. The predicted molar refractivity (Wildman–Crippen MR) is 83.6 cm³/mol. The molecule has 0 aromatic heterocycles. The molecule has 1 aliphatic heterocycles. The number of carbonyl (C=O) groups is 1. The first-order valence-electron chi connectivity index (χ1n) is 6.93. The first-order valence-corrected chi connectivity index (χ1v) is 7.31. The van der Waals surface area contributed by atoms with Gasteiger partial charge in [-0.15, -0.1) is 12.4 Å². The highest BCUT2D eigenvalue weighted by molar-refractivity contribution is 6.30. The van der Waals surface area contributed by atoms with Gasteiger partial charge in [0.2, 0.25) is 5.91 Å². The zero-order valence-corrected chi connectivity index (χ0v) is 13.1. The molecule has 5 heteroatoms. The Morgan fingerprint density at radius 2 is 2.25 bits per heavy atom. The lowest BCUT2D eigenvalue weighted by Crippen LogP contribution is -2.52. The summed E-state index contributed by atoms with van der Waals surface area (Å²) in [6, 6.07) is 8.21. The molecular formula is C15H20Cl2N2O. The molecule has 1 aromatic rings. The van der Waals surface area contributed by atoms with Crippen LogP contribution in [0.2, 0.25) is 5.02 Å². The van der Waals surface area contributed by atoms with Crippen molar-refractivity contribution in [2.24, 2.45) is 5.92 Å². The van der Waals surface area contributed by atoms with Crippen molar-refractivity contribution in [2.45, 2.75) is 25.3 Å². The van der Waals surface area contributed by atoms with Crippen LogP contribution in [0.15, 0.2) is 24.3 Å². The summed E-state index contributed by atoms with van der Waals surface area (Å²) in [4.78, 5) is 14.5. The van der Waals surface area contributed by atoms with E-state index >= 15 is 0 Å². The van der Waals surface area contributed by atoms with Gasteiger partial charge in [0.05, 0.1) is 0 Å². The van der Waals surface area contributed by atoms with E-state index in [1.807, 2.05) is 23.1 Å². The van der Waals surface area contributed by atoms with Crippen molar-refractivity contribution in [1.82, 2.24) is 10.2 Å². The number of rotatable bonds is 2. The monoisotopic (exact) mass is 314 g/mol. The molecule has 110 valence electrons. The van der Waals surface area contributed by atoms with Crippen molar-refractivity contribution in [3.63, 3.8) is 0 Å². The van der Waals surface area contributed by atoms with Crippen LogP contribution in [0.3, 0.4) is 0 Å². The molecule has 2 fully saturated rings. The summed E-state index contributed by atoms with van der Waals surface area (Å²) in [7, 11) is 0. The first-order chi connectivity index (χ1) is 9.16. The zero-order chi connectivity index (χ0) is 13.4. The average Bonchev–Trinajstić information content (AvgIpc) is 3.19.